The molecule has 0 saturated heterocycles. The largest absolute Gasteiger partial charge is 0.341 e. The maximum Gasteiger partial charge on any atom is 0.263 e. The van der Waals surface area contributed by atoms with E-state index in [0.717, 1.165) is 18.4 Å². The first-order chi connectivity index (χ1) is 11.4. The van der Waals surface area contributed by atoms with Crippen LogP contribution in [0.3, 0.4) is 0 Å². The van der Waals surface area contributed by atoms with Gasteiger partial charge in [-0.05, 0) is 38.2 Å². The van der Waals surface area contributed by atoms with Crippen LogP contribution in [0.15, 0.2) is 18.6 Å². The van der Waals surface area contributed by atoms with Gasteiger partial charge in [-0.2, -0.15) is 5.10 Å². The van der Waals surface area contributed by atoms with Gasteiger partial charge >= 0.3 is 0 Å². The number of carbonyl (C=O) groups excluding carboxylic acids is 2. The van der Waals surface area contributed by atoms with Gasteiger partial charge in [-0.15, -0.1) is 0 Å². The van der Waals surface area contributed by atoms with Gasteiger partial charge in [0.05, 0.1) is 18.4 Å². The third kappa shape index (κ3) is 4.74. The number of amides is 1. The van der Waals surface area contributed by atoms with Crippen molar-refractivity contribution in [2.24, 2.45) is 5.92 Å². The zero-order chi connectivity index (χ0) is 17.7. The summed E-state index contributed by atoms with van der Waals surface area (Å²) in [5.74, 6) is 0.271. The number of hydrogen-bond donors (Lipinski definition) is 1. The summed E-state index contributed by atoms with van der Waals surface area (Å²) in [6.45, 7) is 7.74. The van der Waals surface area contributed by atoms with Crippen molar-refractivity contribution in [3.8, 4) is 5.13 Å². The van der Waals surface area contributed by atoms with E-state index in [1.807, 2.05) is 13.1 Å². The minimum Gasteiger partial charge on any atom is -0.341 e. The second-order valence-electron chi connectivity index (χ2n) is 6.20. The predicted molar refractivity (Wildman–Crippen MR) is 94.6 cm³/mol. The summed E-state index contributed by atoms with van der Waals surface area (Å²) in [5.41, 5.74) is 1.03. The summed E-state index contributed by atoms with van der Waals surface area (Å²) in [6.07, 6.45) is 7.77. The lowest BCUT2D eigenvalue weighted by Gasteiger charge is -2.17. The zero-order valence-electron chi connectivity index (χ0n) is 14.6. The molecule has 0 bridgehead atoms. The van der Waals surface area contributed by atoms with Crippen LogP contribution in [0.2, 0.25) is 0 Å². The van der Waals surface area contributed by atoms with E-state index in [9.17, 15) is 9.59 Å². The lowest BCUT2D eigenvalue weighted by Crippen LogP contribution is -2.39. The summed E-state index contributed by atoms with van der Waals surface area (Å²) < 4.78 is 1.64. The lowest BCUT2D eigenvalue weighted by atomic mass is 9.98. The molecule has 0 fully saturated rings. The Balaban J connectivity index is 2.02. The van der Waals surface area contributed by atoms with Gasteiger partial charge in [0.2, 0.25) is 5.13 Å². The van der Waals surface area contributed by atoms with E-state index in [2.05, 4.69) is 29.2 Å². The fourth-order valence-electron chi connectivity index (χ4n) is 2.25. The highest BCUT2D eigenvalue weighted by Crippen LogP contribution is 2.18. The molecule has 24 heavy (non-hydrogen) atoms. The molecule has 0 spiro atoms. The van der Waals surface area contributed by atoms with Crippen LogP contribution in [0.25, 0.3) is 5.13 Å². The quantitative estimate of drug-likeness (QED) is 0.795. The van der Waals surface area contributed by atoms with Gasteiger partial charge in [0.1, 0.15) is 4.88 Å². The van der Waals surface area contributed by atoms with Gasteiger partial charge in [-0.25, -0.2) is 9.67 Å². The van der Waals surface area contributed by atoms with Crippen LogP contribution in [-0.2, 0) is 4.79 Å². The fourth-order valence-corrected chi connectivity index (χ4v) is 3.01. The Labute approximate surface area is 146 Å². The van der Waals surface area contributed by atoms with Gasteiger partial charge in [0.15, 0.2) is 5.78 Å². The maximum atomic E-state index is 12.4. The number of nitrogens with one attached hydrogen (secondary N) is 1. The van der Waals surface area contributed by atoms with Crippen LogP contribution in [0, 0.1) is 12.8 Å². The summed E-state index contributed by atoms with van der Waals surface area (Å²) in [5, 5.41) is 7.65. The van der Waals surface area contributed by atoms with Crippen molar-refractivity contribution in [1.29, 1.82) is 0 Å². The number of thiazole rings is 1. The second kappa shape index (κ2) is 8.19. The molecular weight excluding hydrogens is 324 g/mol. The van der Waals surface area contributed by atoms with Gasteiger partial charge in [-0.1, -0.05) is 31.6 Å². The molecule has 0 saturated carbocycles. The van der Waals surface area contributed by atoms with Crippen LogP contribution in [0.4, 0.5) is 0 Å². The molecule has 1 N–H and O–H groups in total. The van der Waals surface area contributed by atoms with Crippen LogP contribution in [-0.4, -0.2) is 32.5 Å². The number of carbonyl (C=O) groups is 2. The summed E-state index contributed by atoms with van der Waals surface area (Å²) in [7, 11) is 0. The highest BCUT2D eigenvalue weighted by Gasteiger charge is 2.20. The van der Waals surface area contributed by atoms with Gasteiger partial charge in [0, 0.05) is 6.20 Å². The monoisotopic (exact) mass is 348 g/mol. The molecule has 2 aromatic rings. The molecule has 2 heterocycles. The van der Waals surface area contributed by atoms with E-state index in [1.54, 1.807) is 10.9 Å². The maximum absolute atomic E-state index is 12.4. The van der Waals surface area contributed by atoms with E-state index in [1.165, 1.54) is 24.5 Å². The summed E-state index contributed by atoms with van der Waals surface area (Å²) in [6, 6.07) is -0.441. The third-order valence-electron chi connectivity index (χ3n) is 4.07. The van der Waals surface area contributed by atoms with Gasteiger partial charge in [-0.3, -0.25) is 9.59 Å². The molecular formula is C17H24N4O2S. The van der Waals surface area contributed by atoms with E-state index in [-0.39, 0.29) is 11.7 Å². The Morgan fingerprint density at radius 3 is 2.67 bits per heavy atom. The predicted octanol–water partition coefficient (Wildman–Crippen LogP) is 3.15. The van der Waals surface area contributed by atoms with Crippen molar-refractivity contribution in [1.82, 2.24) is 20.1 Å². The summed E-state index contributed by atoms with van der Waals surface area (Å²) >= 11 is 1.26. The minimum atomic E-state index is -0.441. The first-order valence-corrected chi connectivity index (χ1v) is 9.01. The number of hydrogen-bond acceptors (Lipinski definition) is 5. The van der Waals surface area contributed by atoms with Crippen LogP contribution in [0.5, 0.6) is 0 Å². The molecule has 2 aromatic heterocycles. The van der Waals surface area contributed by atoms with Gasteiger partial charge in [0.25, 0.3) is 5.91 Å². The fraction of sp³-hybridized carbons (Fsp3) is 0.529. The molecule has 2 rings (SSSR count). The van der Waals surface area contributed by atoms with Crippen molar-refractivity contribution in [2.45, 2.75) is 53.0 Å². The van der Waals surface area contributed by atoms with Crippen LogP contribution < -0.4 is 5.32 Å². The normalized spacial score (nSPS) is 13.5. The molecule has 0 aromatic carbocycles. The van der Waals surface area contributed by atoms with E-state index < -0.39 is 6.04 Å². The highest BCUT2D eigenvalue weighted by atomic mass is 32.1. The number of rotatable bonds is 8. The molecule has 2 atom stereocenters. The Hall–Kier alpha value is -2.02. The van der Waals surface area contributed by atoms with Gasteiger partial charge < -0.3 is 5.32 Å². The van der Waals surface area contributed by atoms with Crippen molar-refractivity contribution < 1.29 is 9.59 Å². The Bertz CT molecular complexity index is 707. The number of Topliss-reactive ketones (excluding diaryl/α,β-unsaturated/α-hetero) is 1. The molecule has 2 unspecified atom stereocenters. The average Bonchev–Trinajstić information content (AvgIpc) is 3.19. The SMILES string of the molecule is CCC(C)CCC(NC(=O)c1cnc(-n2cc(C)cn2)s1)C(C)=O. The summed E-state index contributed by atoms with van der Waals surface area (Å²) in [4.78, 5) is 28.9. The Morgan fingerprint density at radius 1 is 1.33 bits per heavy atom. The lowest BCUT2D eigenvalue weighted by molar-refractivity contribution is -0.119. The van der Waals surface area contributed by atoms with Crippen LogP contribution >= 0.6 is 11.3 Å². The molecule has 0 aliphatic rings. The molecule has 0 aliphatic heterocycles. The topological polar surface area (TPSA) is 76.9 Å². The number of aromatic nitrogens is 3. The minimum absolute atomic E-state index is 0.0147. The molecule has 130 valence electrons. The zero-order valence-corrected chi connectivity index (χ0v) is 15.4. The molecule has 0 aliphatic carbocycles. The third-order valence-corrected chi connectivity index (χ3v) is 5.05. The van der Waals surface area contributed by atoms with E-state index in [0.29, 0.717) is 22.3 Å². The number of ketones is 1. The molecule has 1 amide bonds. The van der Waals surface area contributed by atoms with E-state index >= 15 is 0 Å². The van der Waals surface area contributed by atoms with Crippen molar-refractivity contribution in [2.75, 3.05) is 0 Å². The van der Waals surface area contributed by atoms with Crippen molar-refractivity contribution in [3.63, 3.8) is 0 Å². The molecule has 0 radical (unpaired) electrons. The Kier molecular flexibility index (Phi) is 6.25. The van der Waals surface area contributed by atoms with E-state index in [4.69, 9.17) is 0 Å². The first kappa shape index (κ1) is 18.3. The smallest absolute Gasteiger partial charge is 0.263 e. The number of nitrogens with zero attached hydrogens (tertiary/aromatic N) is 3. The Morgan fingerprint density at radius 2 is 2.08 bits per heavy atom. The first-order valence-electron chi connectivity index (χ1n) is 8.19. The second-order valence-corrected chi connectivity index (χ2v) is 7.21. The van der Waals surface area contributed by atoms with Crippen molar-refractivity contribution in [3.05, 3.63) is 29.0 Å². The highest BCUT2D eigenvalue weighted by molar-refractivity contribution is 7.16. The van der Waals surface area contributed by atoms with Crippen molar-refractivity contribution >= 4 is 23.0 Å². The molecule has 7 heteroatoms. The molecule has 6 nitrogen and oxygen atoms in total. The average molecular weight is 348 g/mol. The van der Waals surface area contributed by atoms with Crippen LogP contribution in [0.1, 0.15) is 55.3 Å². The standard InChI is InChI=1S/C17H24N4O2S/c1-5-11(2)6-7-14(13(4)22)20-16(23)15-9-18-17(24-15)21-10-12(3)8-19-21/h8-11,14H,5-7H2,1-4H3,(H,20,23). The number of aryl methyl sites for hydroxylation is 1.